The van der Waals surface area contributed by atoms with E-state index in [9.17, 15) is 0 Å². The van der Waals surface area contributed by atoms with E-state index in [0.29, 0.717) is 12.5 Å². The molecule has 0 aliphatic heterocycles. The Kier molecular flexibility index (Phi) is 11.0. The fraction of sp³-hybridized carbons (Fsp3) is 0.727. The van der Waals surface area contributed by atoms with Crippen LogP contribution in [0.5, 0.6) is 0 Å². The van der Waals surface area contributed by atoms with Crippen LogP contribution in [0, 0.1) is 5.92 Å². The molecule has 0 aromatic heterocycles. The Morgan fingerprint density at radius 3 is 2.08 bits per heavy atom. The van der Waals surface area contributed by atoms with Crippen molar-refractivity contribution in [3.05, 3.63) is 35.9 Å². The molecule has 0 N–H and O–H groups in total. The molecule has 0 saturated heterocycles. The number of hydrogen-bond acceptors (Lipinski definition) is 2. The summed E-state index contributed by atoms with van der Waals surface area (Å²) in [4.78, 5) is 0. The number of methoxy groups -OCH3 is 1. The van der Waals surface area contributed by atoms with Gasteiger partial charge in [0.1, 0.15) is 0 Å². The zero-order valence-electron chi connectivity index (χ0n) is 16.4. The van der Waals surface area contributed by atoms with Gasteiger partial charge in [-0.2, -0.15) is 0 Å². The predicted octanol–water partition coefficient (Wildman–Crippen LogP) is 6.69. The SMILES string of the molecule is CCCCCCCCC(CCC)C(OC)(OCC)c1ccccc1. The molecule has 24 heavy (non-hydrogen) atoms. The highest BCUT2D eigenvalue weighted by molar-refractivity contribution is 5.21. The molecule has 0 spiro atoms. The van der Waals surface area contributed by atoms with Crippen LogP contribution >= 0.6 is 0 Å². The summed E-state index contributed by atoms with van der Waals surface area (Å²) in [5.74, 6) is -0.198. The van der Waals surface area contributed by atoms with E-state index in [-0.39, 0.29) is 0 Å². The molecule has 2 nitrogen and oxygen atoms in total. The number of rotatable bonds is 14. The number of benzene rings is 1. The lowest BCUT2D eigenvalue weighted by molar-refractivity contribution is -0.265. The van der Waals surface area contributed by atoms with Gasteiger partial charge in [-0.1, -0.05) is 89.1 Å². The molecule has 0 heterocycles. The van der Waals surface area contributed by atoms with Crippen LogP contribution in [0.2, 0.25) is 0 Å². The van der Waals surface area contributed by atoms with Crippen molar-refractivity contribution in [1.29, 1.82) is 0 Å². The van der Waals surface area contributed by atoms with Crippen LogP contribution in [0.15, 0.2) is 30.3 Å². The van der Waals surface area contributed by atoms with Gasteiger partial charge in [0.2, 0.25) is 0 Å². The summed E-state index contributed by atoms with van der Waals surface area (Å²) in [6, 6.07) is 10.5. The first kappa shape index (κ1) is 21.2. The molecule has 0 fully saturated rings. The number of unbranched alkanes of at least 4 members (excludes halogenated alkanes) is 5. The Labute approximate surface area is 149 Å². The third-order valence-corrected chi connectivity index (χ3v) is 4.92. The van der Waals surface area contributed by atoms with Crippen molar-refractivity contribution in [2.45, 2.75) is 84.3 Å². The standard InChI is InChI=1S/C22H38O2/c1-5-8-9-10-11-13-17-20(16-6-2)22(23-4,24-7-3)21-18-14-12-15-19-21/h12,14-15,18-20H,5-11,13,16-17H2,1-4H3. The summed E-state index contributed by atoms with van der Waals surface area (Å²) in [6.07, 6.45) is 11.4. The van der Waals surface area contributed by atoms with Crippen LogP contribution in [-0.2, 0) is 15.3 Å². The number of hydrogen-bond donors (Lipinski definition) is 0. The average molecular weight is 335 g/mol. The molecule has 0 amide bonds. The lowest BCUT2D eigenvalue weighted by Gasteiger charge is -2.40. The van der Waals surface area contributed by atoms with Crippen LogP contribution in [0.4, 0.5) is 0 Å². The lowest BCUT2D eigenvalue weighted by Crippen LogP contribution is -2.40. The summed E-state index contributed by atoms with van der Waals surface area (Å²) in [7, 11) is 1.80. The van der Waals surface area contributed by atoms with Crippen LogP contribution < -0.4 is 0 Å². The van der Waals surface area contributed by atoms with Gasteiger partial charge in [0.15, 0.2) is 5.79 Å². The summed E-state index contributed by atoms with van der Waals surface area (Å²) in [5.41, 5.74) is 1.15. The maximum atomic E-state index is 6.25. The third kappa shape index (κ3) is 6.22. The van der Waals surface area contributed by atoms with Crippen LogP contribution in [0.1, 0.15) is 84.1 Å². The molecule has 0 radical (unpaired) electrons. The minimum atomic E-state index is -0.602. The van der Waals surface area contributed by atoms with Gasteiger partial charge < -0.3 is 9.47 Å². The smallest absolute Gasteiger partial charge is 0.197 e. The summed E-state index contributed by atoms with van der Waals surface area (Å²) in [5, 5.41) is 0. The predicted molar refractivity (Wildman–Crippen MR) is 103 cm³/mol. The van der Waals surface area contributed by atoms with Gasteiger partial charge in [0.05, 0.1) is 0 Å². The van der Waals surface area contributed by atoms with Crippen LogP contribution in [0.25, 0.3) is 0 Å². The van der Waals surface area contributed by atoms with E-state index >= 15 is 0 Å². The van der Waals surface area contributed by atoms with Gasteiger partial charge >= 0.3 is 0 Å². The molecule has 2 atom stereocenters. The zero-order valence-corrected chi connectivity index (χ0v) is 16.4. The molecule has 0 saturated carbocycles. The first-order chi connectivity index (χ1) is 11.7. The second-order valence-corrected chi connectivity index (χ2v) is 6.71. The molecule has 138 valence electrons. The topological polar surface area (TPSA) is 18.5 Å². The van der Waals surface area contributed by atoms with Crippen molar-refractivity contribution in [2.24, 2.45) is 5.92 Å². The van der Waals surface area contributed by atoms with Crippen molar-refractivity contribution in [3.63, 3.8) is 0 Å². The van der Waals surface area contributed by atoms with Gasteiger partial charge in [0, 0.05) is 25.2 Å². The fourth-order valence-corrected chi connectivity index (χ4v) is 3.71. The molecule has 0 aliphatic carbocycles. The summed E-state index contributed by atoms with van der Waals surface area (Å²) in [6.45, 7) is 7.25. The highest BCUT2D eigenvalue weighted by Crippen LogP contribution is 2.40. The van der Waals surface area contributed by atoms with Gasteiger partial charge in [-0.3, -0.25) is 0 Å². The molecule has 1 rings (SSSR count). The minimum absolute atomic E-state index is 0.404. The molecule has 1 aromatic carbocycles. The first-order valence-corrected chi connectivity index (χ1v) is 9.99. The Morgan fingerprint density at radius 1 is 0.833 bits per heavy atom. The second kappa shape index (κ2) is 12.5. The van der Waals surface area contributed by atoms with Crippen molar-refractivity contribution in [3.8, 4) is 0 Å². The normalized spacial score (nSPS) is 15.2. The largest absolute Gasteiger partial charge is 0.349 e. The monoisotopic (exact) mass is 334 g/mol. The Morgan fingerprint density at radius 2 is 1.50 bits per heavy atom. The van der Waals surface area contributed by atoms with Crippen molar-refractivity contribution in [1.82, 2.24) is 0 Å². The Balaban J connectivity index is 2.81. The van der Waals surface area contributed by atoms with E-state index in [1.165, 1.54) is 44.9 Å². The van der Waals surface area contributed by atoms with E-state index in [1.807, 2.05) is 0 Å². The van der Waals surface area contributed by atoms with Gasteiger partial charge in [-0.15, -0.1) is 0 Å². The number of ether oxygens (including phenoxy) is 2. The zero-order chi connectivity index (χ0) is 17.7. The van der Waals surface area contributed by atoms with Crippen molar-refractivity contribution >= 4 is 0 Å². The molecular weight excluding hydrogens is 296 g/mol. The molecule has 2 heteroatoms. The van der Waals surface area contributed by atoms with Gasteiger partial charge in [0.25, 0.3) is 0 Å². The quantitative estimate of drug-likeness (QED) is 0.279. The first-order valence-electron chi connectivity index (χ1n) is 9.99. The minimum Gasteiger partial charge on any atom is -0.349 e. The van der Waals surface area contributed by atoms with Crippen molar-refractivity contribution < 1.29 is 9.47 Å². The van der Waals surface area contributed by atoms with E-state index in [0.717, 1.165) is 18.4 Å². The van der Waals surface area contributed by atoms with Crippen LogP contribution in [0.3, 0.4) is 0 Å². The van der Waals surface area contributed by atoms with Gasteiger partial charge in [-0.25, -0.2) is 0 Å². The summed E-state index contributed by atoms with van der Waals surface area (Å²) < 4.78 is 12.3. The third-order valence-electron chi connectivity index (χ3n) is 4.92. The van der Waals surface area contributed by atoms with E-state index < -0.39 is 5.79 Å². The maximum absolute atomic E-state index is 6.25. The maximum Gasteiger partial charge on any atom is 0.197 e. The highest BCUT2D eigenvalue weighted by Gasteiger charge is 2.40. The highest BCUT2D eigenvalue weighted by atomic mass is 16.7. The molecule has 2 unspecified atom stereocenters. The molecule has 0 aliphatic rings. The van der Waals surface area contributed by atoms with E-state index in [1.54, 1.807) is 7.11 Å². The molecular formula is C22H38O2. The molecule has 0 bridgehead atoms. The average Bonchev–Trinajstić information content (AvgIpc) is 2.62. The fourth-order valence-electron chi connectivity index (χ4n) is 3.71. The van der Waals surface area contributed by atoms with Gasteiger partial charge in [-0.05, 0) is 19.8 Å². The summed E-state index contributed by atoms with van der Waals surface area (Å²) >= 11 is 0. The van der Waals surface area contributed by atoms with E-state index in [4.69, 9.17) is 9.47 Å². The lowest BCUT2D eigenvalue weighted by atomic mass is 9.83. The Hall–Kier alpha value is -0.860. The second-order valence-electron chi connectivity index (χ2n) is 6.71. The van der Waals surface area contributed by atoms with Crippen LogP contribution in [-0.4, -0.2) is 13.7 Å². The Bertz CT molecular complexity index is 404. The van der Waals surface area contributed by atoms with Crippen molar-refractivity contribution in [2.75, 3.05) is 13.7 Å². The molecule has 1 aromatic rings. The van der Waals surface area contributed by atoms with E-state index in [2.05, 4.69) is 51.1 Å².